The molecule has 0 amide bonds. The van der Waals surface area contributed by atoms with E-state index in [4.69, 9.17) is 9.47 Å². The van der Waals surface area contributed by atoms with E-state index in [1.54, 1.807) is 0 Å². The van der Waals surface area contributed by atoms with Crippen LogP contribution in [-0.4, -0.2) is 31.6 Å². The van der Waals surface area contributed by atoms with Crippen LogP contribution in [0.3, 0.4) is 0 Å². The van der Waals surface area contributed by atoms with Gasteiger partial charge < -0.3 is 9.47 Å². The molecule has 0 radical (unpaired) electrons. The Morgan fingerprint density at radius 1 is 0.514 bits per heavy atom. The van der Waals surface area contributed by atoms with E-state index in [-0.39, 0.29) is 11.8 Å². The van der Waals surface area contributed by atoms with Gasteiger partial charge in [-0.1, -0.05) is 50.4 Å². The van der Waals surface area contributed by atoms with E-state index >= 15 is 4.39 Å². The predicted octanol–water partition coefficient (Wildman–Crippen LogP) is 9.06. The van der Waals surface area contributed by atoms with Gasteiger partial charge >= 0.3 is 0 Å². The zero-order valence-electron chi connectivity index (χ0n) is 23.7. The van der Waals surface area contributed by atoms with Gasteiger partial charge in [-0.3, -0.25) is 0 Å². The van der Waals surface area contributed by atoms with Crippen molar-refractivity contribution >= 4 is 0 Å². The maximum absolute atomic E-state index is 15.3. The maximum Gasteiger partial charge on any atom is 0.104 e. The summed E-state index contributed by atoms with van der Waals surface area (Å²) < 4.78 is 27.9. The van der Waals surface area contributed by atoms with Crippen molar-refractivity contribution in [3.8, 4) is 11.8 Å². The van der Waals surface area contributed by atoms with Crippen molar-refractivity contribution in [2.75, 3.05) is 13.2 Å². The first-order valence-corrected chi connectivity index (χ1v) is 16.6. The van der Waals surface area contributed by atoms with Crippen molar-refractivity contribution in [2.24, 2.45) is 35.5 Å². The second-order valence-corrected chi connectivity index (χ2v) is 13.7. The van der Waals surface area contributed by atoms with E-state index in [0.717, 1.165) is 63.6 Å². The van der Waals surface area contributed by atoms with E-state index in [9.17, 15) is 0 Å². The van der Waals surface area contributed by atoms with Gasteiger partial charge in [0.2, 0.25) is 0 Å². The lowest BCUT2D eigenvalue weighted by atomic mass is 9.69. The zero-order valence-corrected chi connectivity index (χ0v) is 23.7. The fraction of sp³-hybridized carbons (Fsp3) is 0.941. The Balaban J connectivity index is 0.960. The number of rotatable bonds is 7. The smallest absolute Gasteiger partial charge is 0.104 e. The molecule has 0 bridgehead atoms. The summed E-state index contributed by atoms with van der Waals surface area (Å²) in [7, 11) is 0. The molecule has 210 valence electrons. The second kappa shape index (κ2) is 14.7. The third kappa shape index (κ3) is 8.70. The van der Waals surface area contributed by atoms with Gasteiger partial charge in [0.05, 0.1) is 12.2 Å². The topological polar surface area (TPSA) is 18.5 Å². The van der Waals surface area contributed by atoms with Crippen LogP contribution in [0.1, 0.15) is 135 Å². The molecule has 3 atom stereocenters. The summed E-state index contributed by atoms with van der Waals surface area (Å²) >= 11 is 0. The van der Waals surface area contributed by atoms with Crippen molar-refractivity contribution in [3.63, 3.8) is 0 Å². The van der Waals surface area contributed by atoms with Crippen molar-refractivity contribution in [1.82, 2.24) is 0 Å². The molecule has 5 rings (SSSR count). The first-order chi connectivity index (χ1) is 18.2. The molecule has 5 aliphatic carbocycles. The Morgan fingerprint density at radius 2 is 1.00 bits per heavy atom. The fourth-order valence-electron chi connectivity index (χ4n) is 8.35. The van der Waals surface area contributed by atoms with Crippen molar-refractivity contribution < 1.29 is 13.9 Å². The van der Waals surface area contributed by atoms with Gasteiger partial charge in [0.1, 0.15) is 6.17 Å². The summed E-state index contributed by atoms with van der Waals surface area (Å²) in [6.45, 7) is 1.96. The summed E-state index contributed by atoms with van der Waals surface area (Å²) in [5, 5.41) is 0. The van der Waals surface area contributed by atoms with Gasteiger partial charge in [-0.15, -0.1) is 0 Å². The molecule has 3 heteroatoms. The van der Waals surface area contributed by atoms with Crippen LogP contribution < -0.4 is 0 Å². The van der Waals surface area contributed by atoms with Crippen molar-refractivity contribution in [3.05, 3.63) is 0 Å². The highest BCUT2D eigenvalue weighted by molar-refractivity contribution is 5.10. The summed E-state index contributed by atoms with van der Waals surface area (Å²) in [6, 6.07) is 0. The van der Waals surface area contributed by atoms with Crippen LogP contribution in [0, 0.1) is 47.3 Å². The van der Waals surface area contributed by atoms with Crippen LogP contribution in [0.15, 0.2) is 0 Å². The van der Waals surface area contributed by atoms with E-state index < -0.39 is 6.17 Å². The Labute approximate surface area is 227 Å². The Bertz CT molecular complexity index is 699. The van der Waals surface area contributed by atoms with Crippen molar-refractivity contribution in [1.29, 1.82) is 0 Å². The summed E-state index contributed by atoms with van der Waals surface area (Å²) in [4.78, 5) is 0. The molecule has 0 aromatic rings. The molecular weight excluding hydrogens is 459 g/mol. The summed E-state index contributed by atoms with van der Waals surface area (Å²) in [5.74, 6) is 10.4. The molecule has 0 N–H and O–H groups in total. The van der Waals surface area contributed by atoms with Crippen LogP contribution in [-0.2, 0) is 9.47 Å². The summed E-state index contributed by atoms with van der Waals surface area (Å²) in [5.41, 5.74) is 0. The van der Waals surface area contributed by atoms with Crippen LogP contribution in [0.4, 0.5) is 4.39 Å². The molecule has 0 aromatic heterocycles. The average Bonchev–Trinajstić information content (AvgIpc) is 2.96. The Kier molecular flexibility index (Phi) is 11.1. The van der Waals surface area contributed by atoms with Gasteiger partial charge in [-0.25, -0.2) is 4.39 Å². The number of hydrogen-bond acceptors (Lipinski definition) is 2. The highest BCUT2D eigenvalue weighted by Gasteiger charge is 2.37. The van der Waals surface area contributed by atoms with Gasteiger partial charge in [-0.05, 0) is 120 Å². The van der Waals surface area contributed by atoms with Crippen LogP contribution in [0.2, 0.25) is 0 Å². The minimum absolute atomic E-state index is 0.272. The normalized spacial score (nSPS) is 38.6. The number of halogens is 1. The molecule has 2 nitrogen and oxygen atoms in total. The third-order valence-corrected chi connectivity index (χ3v) is 10.9. The minimum atomic E-state index is -0.651. The maximum atomic E-state index is 15.3. The van der Waals surface area contributed by atoms with Gasteiger partial charge in [0.15, 0.2) is 0 Å². The van der Waals surface area contributed by atoms with E-state index in [0.29, 0.717) is 30.5 Å². The number of alkyl halides is 1. The lowest BCUT2D eigenvalue weighted by molar-refractivity contribution is -0.0216. The first kappa shape index (κ1) is 28.0. The first-order valence-electron chi connectivity index (χ1n) is 16.6. The van der Waals surface area contributed by atoms with Crippen LogP contribution in [0.25, 0.3) is 0 Å². The molecule has 5 aliphatic rings. The zero-order chi connectivity index (χ0) is 25.3. The third-order valence-electron chi connectivity index (χ3n) is 10.9. The molecule has 0 aromatic carbocycles. The quantitative estimate of drug-likeness (QED) is 0.315. The molecule has 0 saturated heterocycles. The SMILES string of the molecule is FC1CC(C#CC2CCC(OCC3CCCCC3)CC2)CCC1C1CCC(OCC2CCCCC2)CC1. The molecule has 5 saturated carbocycles. The number of hydrogen-bond donors (Lipinski definition) is 0. The highest BCUT2D eigenvalue weighted by atomic mass is 19.1. The Morgan fingerprint density at radius 3 is 1.54 bits per heavy atom. The van der Waals surface area contributed by atoms with E-state index in [1.807, 2.05) is 0 Å². The van der Waals surface area contributed by atoms with Crippen LogP contribution in [0.5, 0.6) is 0 Å². The molecule has 0 heterocycles. The monoisotopic (exact) mass is 514 g/mol. The van der Waals surface area contributed by atoms with Crippen molar-refractivity contribution in [2.45, 2.75) is 153 Å². The molecule has 0 spiro atoms. The lowest BCUT2D eigenvalue weighted by Gasteiger charge is -2.39. The average molecular weight is 515 g/mol. The van der Waals surface area contributed by atoms with Crippen LogP contribution >= 0.6 is 0 Å². The standard InChI is InChI=1S/C34H55FO2/c35-34-23-27(12-11-26-13-18-31(19-14-26)36-24-28-7-3-1-4-8-28)15-22-33(34)30-16-20-32(21-17-30)37-25-29-9-5-2-6-10-29/h26-34H,1-10,13-25H2. The molecule has 5 fully saturated rings. The molecular formula is C34H55FO2. The lowest BCUT2D eigenvalue weighted by Crippen LogP contribution is -2.35. The highest BCUT2D eigenvalue weighted by Crippen LogP contribution is 2.42. The predicted molar refractivity (Wildman–Crippen MR) is 150 cm³/mol. The second-order valence-electron chi connectivity index (χ2n) is 13.7. The molecule has 0 aliphatic heterocycles. The van der Waals surface area contributed by atoms with Gasteiger partial charge in [0.25, 0.3) is 0 Å². The molecule has 37 heavy (non-hydrogen) atoms. The molecule has 3 unspecified atom stereocenters. The summed E-state index contributed by atoms with van der Waals surface area (Å²) in [6.07, 6.45) is 26.2. The minimum Gasteiger partial charge on any atom is -0.378 e. The number of ether oxygens (including phenoxy) is 2. The Hall–Kier alpha value is -0.590. The largest absolute Gasteiger partial charge is 0.378 e. The van der Waals surface area contributed by atoms with E-state index in [2.05, 4.69) is 11.8 Å². The van der Waals surface area contributed by atoms with Gasteiger partial charge in [-0.2, -0.15) is 0 Å². The fourth-order valence-corrected chi connectivity index (χ4v) is 8.35. The van der Waals surface area contributed by atoms with Gasteiger partial charge in [0, 0.05) is 25.0 Å². The van der Waals surface area contributed by atoms with E-state index in [1.165, 1.54) is 89.9 Å².